The highest BCUT2D eigenvalue weighted by atomic mass is 35.5. The molecule has 1 aliphatic heterocycles. The lowest BCUT2D eigenvalue weighted by atomic mass is 10.0. The lowest BCUT2D eigenvalue weighted by Crippen LogP contribution is -2.45. The molecule has 0 amide bonds. The van der Waals surface area contributed by atoms with E-state index in [1.807, 2.05) is 0 Å². The number of rotatable bonds is 4. The molecule has 3 nitrogen and oxygen atoms in total. The van der Waals surface area contributed by atoms with E-state index in [4.69, 9.17) is 0 Å². The predicted octanol–water partition coefficient (Wildman–Crippen LogP) is 3.58. The molecule has 1 saturated heterocycles. The highest BCUT2D eigenvalue weighted by Gasteiger charge is 2.24. The Hall–Kier alpha value is -0.940. The second-order valence-electron chi connectivity index (χ2n) is 5.67. The molecule has 0 saturated carbocycles. The van der Waals surface area contributed by atoms with Crippen molar-refractivity contribution in [2.24, 2.45) is 0 Å². The van der Waals surface area contributed by atoms with Gasteiger partial charge in [0.15, 0.2) is 0 Å². The molecular formula is C17H24ClN3S. The molecule has 0 spiro atoms. The number of benzene rings is 1. The van der Waals surface area contributed by atoms with Crippen LogP contribution in [-0.2, 0) is 13.0 Å². The summed E-state index contributed by atoms with van der Waals surface area (Å²) in [5.74, 6) is 0. The average Bonchev–Trinajstić information content (AvgIpc) is 2.93. The number of thiazole rings is 1. The maximum Gasteiger partial charge on any atom is 0.107 e. The van der Waals surface area contributed by atoms with Gasteiger partial charge in [-0.3, -0.25) is 4.90 Å². The average molecular weight is 338 g/mol. The van der Waals surface area contributed by atoms with Gasteiger partial charge in [0, 0.05) is 36.8 Å². The maximum atomic E-state index is 4.62. The van der Waals surface area contributed by atoms with Crippen molar-refractivity contribution in [3.63, 3.8) is 0 Å². The van der Waals surface area contributed by atoms with Crippen LogP contribution in [0.2, 0.25) is 0 Å². The predicted molar refractivity (Wildman–Crippen MR) is 95.9 cm³/mol. The van der Waals surface area contributed by atoms with E-state index in [-0.39, 0.29) is 12.4 Å². The van der Waals surface area contributed by atoms with Gasteiger partial charge in [-0.25, -0.2) is 4.98 Å². The third-order valence-corrected chi connectivity index (χ3v) is 5.08. The van der Waals surface area contributed by atoms with Crippen LogP contribution in [0.5, 0.6) is 0 Å². The second-order valence-corrected chi connectivity index (χ2v) is 6.61. The summed E-state index contributed by atoms with van der Waals surface area (Å²) in [5, 5.41) is 6.89. The van der Waals surface area contributed by atoms with Crippen LogP contribution in [0, 0.1) is 6.92 Å². The van der Waals surface area contributed by atoms with Gasteiger partial charge in [0.1, 0.15) is 5.01 Å². The fraction of sp³-hybridized carbons (Fsp3) is 0.471. The van der Waals surface area contributed by atoms with Gasteiger partial charge in [0.05, 0.1) is 6.54 Å². The first kappa shape index (κ1) is 17.4. The fourth-order valence-electron chi connectivity index (χ4n) is 2.89. The van der Waals surface area contributed by atoms with Crippen LogP contribution in [0.25, 0.3) is 0 Å². The maximum absolute atomic E-state index is 4.62. The Morgan fingerprint density at radius 2 is 2.09 bits per heavy atom. The van der Waals surface area contributed by atoms with E-state index in [1.165, 1.54) is 16.1 Å². The molecule has 1 aromatic carbocycles. The molecule has 1 aromatic heterocycles. The number of hydrogen-bond donors (Lipinski definition) is 1. The Bertz CT molecular complexity index is 582. The normalized spacial score (nSPS) is 18.9. The van der Waals surface area contributed by atoms with Crippen molar-refractivity contribution in [2.75, 3.05) is 19.6 Å². The van der Waals surface area contributed by atoms with Crippen LogP contribution >= 0.6 is 23.7 Å². The highest BCUT2D eigenvalue weighted by Crippen LogP contribution is 2.25. The Morgan fingerprint density at radius 3 is 2.73 bits per heavy atom. The summed E-state index contributed by atoms with van der Waals surface area (Å²) in [6.45, 7) is 8.40. The zero-order valence-electron chi connectivity index (χ0n) is 13.2. The highest BCUT2D eigenvalue weighted by molar-refractivity contribution is 7.09. The van der Waals surface area contributed by atoms with Crippen LogP contribution in [-0.4, -0.2) is 29.5 Å². The van der Waals surface area contributed by atoms with E-state index in [0.29, 0.717) is 6.04 Å². The zero-order chi connectivity index (χ0) is 14.7. The molecule has 1 atom stereocenters. The summed E-state index contributed by atoms with van der Waals surface area (Å²) >= 11 is 1.77. The van der Waals surface area contributed by atoms with Crippen LogP contribution in [0.15, 0.2) is 29.6 Å². The summed E-state index contributed by atoms with van der Waals surface area (Å²) in [5.41, 5.74) is 3.95. The lowest BCUT2D eigenvalue weighted by Gasteiger charge is -2.36. The smallest absolute Gasteiger partial charge is 0.107 e. The number of nitrogens with zero attached hydrogens (tertiary/aromatic N) is 2. The van der Waals surface area contributed by atoms with Crippen molar-refractivity contribution in [2.45, 2.75) is 32.9 Å². The molecule has 1 aliphatic rings. The third kappa shape index (κ3) is 4.07. The summed E-state index contributed by atoms with van der Waals surface area (Å²) in [6.07, 6.45) is 1.10. The molecular weight excluding hydrogens is 314 g/mol. The minimum absolute atomic E-state index is 0. The van der Waals surface area contributed by atoms with E-state index in [9.17, 15) is 0 Å². The summed E-state index contributed by atoms with van der Waals surface area (Å²) in [6, 6.07) is 9.55. The van der Waals surface area contributed by atoms with Gasteiger partial charge in [-0.15, -0.1) is 23.7 Å². The van der Waals surface area contributed by atoms with Gasteiger partial charge in [-0.05, 0) is 24.5 Å². The number of hydrogen-bond acceptors (Lipinski definition) is 4. The van der Waals surface area contributed by atoms with Gasteiger partial charge in [-0.2, -0.15) is 0 Å². The molecule has 5 heteroatoms. The number of piperazine rings is 1. The Balaban J connectivity index is 0.00000176. The first-order valence-electron chi connectivity index (χ1n) is 7.71. The molecule has 0 radical (unpaired) electrons. The first-order chi connectivity index (χ1) is 10.3. The van der Waals surface area contributed by atoms with E-state index in [1.54, 1.807) is 11.3 Å². The molecule has 1 fully saturated rings. The lowest BCUT2D eigenvalue weighted by molar-refractivity contribution is 0.153. The first-order valence-corrected chi connectivity index (χ1v) is 8.59. The van der Waals surface area contributed by atoms with Crippen molar-refractivity contribution in [3.8, 4) is 0 Å². The van der Waals surface area contributed by atoms with Crippen LogP contribution in [0.4, 0.5) is 0 Å². The van der Waals surface area contributed by atoms with E-state index >= 15 is 0 Å². The molecule has 0 bridgehead atoms. The van der Waals surface area contributed by atoms with Gasteiger partial charge in [0.2, 0.25) is 0 Å². The quantitative estimate of drug-likeness (QED) is 0.924. The monoisotopic (exact) mass is 337 g/mol. The van der Waals surface area contributed by atoms with Crippen molar-refractivity contribution in [3.05, 3.63) is 51.5 Å². The summed E-state index contributed by atoms with van der Waals surface area (Å²) in [4.78, 5) is 7.17. The van der Waals surface area contributed by atoms with Gasteiger partial charge in [-0.1, -0.05) is 31.2 Å². The topological polar surface area (TPSA) is 28.2 Å². The third-order valence-electron chi connectivity index (χ3n) is 4.13. The molecule has 1 N–H and O–H groups in total. The van der Waals surface area contributed by atoms with Crippen LogP contribution in [0.1, 0.15) is 34.8 Å². The molecule has 120 valence electrons. The SMILES string of the molecule is CCc1ccc(C2CNCCN2Cc2nc(C)cs2)cc1.Cl. The van der Waals surface area contributed by atoms with Gasteiger partial charge >= 0.3 is 0 Å². The van der Waals surface area contributed by atoms with Gasteiger partial charge in [0.25, 0.3) is 0 Å². The Morgan fingerprint density at radius 1 is 1.32 bits per heavy atom. The summed E-state index contributed by atoms with van der Waals surface area (Å²) < 4.78 is 0. The molecule has 1 unspecified atom stereocenters. The van der Waals surface area contributed by atoms with Crippen molar-refractivity contribution in [1.29, 1.82) is 0 Å². The number of aromatic nitrogens is 1. The van der Waals surface area contributed by atoms with E-state index in [0.717, 1.165) is 38.3 Å². The number of aryl methyl sites for hydroxylation is 2. The fourth-order valence-corrected chi connectivity index (χ4v) is 3.69. The number of nitrogens with one attached hydrogen (secondary N) is 1. The molecule has 22 heavy (non-hydrogen) atoms. The summed E-state index contributed by atoms with van der Waals surface area (Å²) in [7, 11) is 0. The minimum atomic E-state index is 0. The van der Waals surface area contributed by atoms with Crippen molar-refractivity contribution in [1.82, 2.24) is 15.2 Å². The Labute approximate surface area is 143 Å². The molecule has 3 rings (SSSR count). The van der Waals surface area contributed by atoms with Crippen molar-refractivity contribution < 1.29 is 0 Å². The standard InChI is InChI=1S/C17H23N3S.ClH/c1-3-14-4-6-15(7-5-14)16-10-18-8-9-20(16)11-17-19-13(2)12-21-17;/h4-7,12,16,18H,3,8-11H2,1-2H3;1H. The number of halogens is 1. The van der Waals surface area contributed by atoms with Gasteiger partial charge < -0.3 is 5.32 Å². The van der Waals surface area contributed by atoms with Crippen molar-refractivity contribution >= 4 is 23.7 Å². The molecule has 2 aromatic rings. The minimum Gasteiger partial charge on any atom is -0.314 e. The largest absolute Gasteiger partial charge is 0.314 e. The second kappa shape index (κ2) is 8.06. The van der Waals surface area contributed by atoms with Crippen LogP contribution in [0.3, 0.4) is 0 Å². The zero-order valence-corrected chi connectivity index (χ0v) is 14.8. The Kier molecular flexibility index (Phi) is 6.38. The van der Waals surface area contributed by atoms with Crippen LogP contribution < -0.4 is 5.32 Å². The van der Waals surface area contributed by atoms with E-state index < -0.39 is 0 Å². The van der Waals surface area contributed by atoms with E-state index in [2.05, 4.69) is 58.7 Å². The molecule has 2 heterocycles. The molecule has 0 aliphatic carbocycles.